The summed E-state index contributed by atoms with van der Waals surface area (Å²) in [5, 5.41) is 14.6. The molecule has 3 rings (SSSR count). The lowest BCUT2D eigenvalue weighted by atomic mass is 10.1. The van der Waals surface area contributed by atoms with Crippen molar-refractivity contribution in [1.29, 1.82) is 0 Å². The molecule has 8 heteroatoms. The Kier molecular flexibility index (Phi) is 6.78. The van der Waals surface area contributed by atoms with E-state index in [0.29, 0.717) is 12.4 Å². The van der Waals surface area contributed by atoms with Crippen molar-refractivity contribution in [2.24, 2.45) is 4.99 Å². The van der Waals surface area contributed by atoms with Crippen LogP contribution in [0.4, 0.5) is 0 Å². The van der Waals surface area contributed by atoms with Crippen LogP contribution in [-0.2, 0) is 19.4 Å². The molecule has 0 unspecified atom stereocenters. The fourth-order valence-corrected chi connectivity index (χ4v) is 2.81. The molecule has 0 atom stereocenters. The van der Waals surface area contributed by atoms with Gasteiger partial charge in [-0.1, -0.05) is 24.6 Å². The molecule has 0 saturated carbocycles. The topological polar surface area (TPSA) is 93.2 Å². The summed E-state index contributed by atoms with van der Waals surface area (Å²) in [5.74, 6) is 2.40. The lowest BCUT2D eigenvalue weighted by Crippen LogP contribution is -2.39. The van der Waals surface area contributed by atoms with E-state index in [-0.39, 0.29) is 0 Å². The number of hydrogen-bond acceptors (Lipinski definition) is 5. The second-order valence-corrected chi connectivity index (χ2v) is 6.48. The average molecular weight is 381 g/mol. The molecule has 0 bridgehead atoms. The fraction of sp³-hybridized carbons (Fsp3) is 0.400. The number of aryl methyl sites for hydroxylation is 2. The highest BCUT2D eigenvalue weighted by Gasteiger charge is 2.07. The molecule has 0 aliphatic rings. The van der Waals surface area contributed by atoms with Gasteiger partial charge in [0.05, 0.1) is 5.69 Å². The van der Waals surface area contributed by atoms with Crippen molar-refractivity contribution in [1.82, 2.24) is 30.4 Å². The van der Waals surface area contributed by atoms with Gasteiger partial charge in [0.1, 0.15) is 18.4 Å². The van der Waals surface area contributed by atoms with E-state index < -0.39 is 0 Å². The Bertz CT molecular complexity index is 895. The summed E-state index contributed by atoms with van der Waals surface area (Å²) in [5.41, 5.74) is 3.12. The van der Waals surface area contributed by atoms with Crippen molar-refractivity contribution in [3.8, 4) is 11.5 Å². The van der Waals surface area contributed by atoms with Crippen molar-refractivity contribution < 1.29 is 4.42 Å². The van der Waals surface area contributed by atoms with Gasteiger partial charge < -0.3 is 19.6 Å². The van der Waals surface area contributed by atoms with E-state index in [1.807, 2.05) is 16.7 Å². The fourth-order valence-electron chi connectivity index (χ4n) is 2.81. The molecular weight excluding hydrogens is 354 g/mol. The molecule has 2 aromatic heterocycles. The third kappa shape index (κ3) is 5.18. The minimum atomic E-state index is 0.651. The smallest absolute Gasteiger partial charge is 0.226 e. The molecule has 0 fully saturated rings. The van der Waals surface area contributed by atoms with Gasteiger partial charge in [0.2, 0.25) is 5.89 Å². The third-order valence-electron chi connectivity index (χ3n) is 4.40. The van der Waals surface area contributed by atoms with Gasteiger partial charge in [-0.05, 0) is 19.1 Å². The number of aromatic nitrogens is 4. The lowest BCUT2D eigenvalue weighted by molar-refractivity contribution is 0.572. The standard InChI is InChI=1S/C20H27N7O/c1-4-18-26-24-14-27(18)12-11-23-20(21-3)22-10-9-17-13-28-19(25-17)16-7-5-15(2)6-8-16/h5-8,13-14H,4,9-12H2,1-3H3,(H2,21,22,23). The molecule has 0 aliphatic carbocycles. The van der Waals surface area contributed by atoms with Gasteiger partial charge in [0.15, 0.2) is 5.96 Å². The Morgan fingerprint density at radius 3 is 2.71 bits per heavy atom. The van der Waals surface area contributed by atoms with E-state index >= 15 is 0 Å². The lowest BCUT2D eigenvalue weighted by Gasteiger charge is -2.12. The number of guanidine groups is 1. The SMILES string of the molecule is CCc1nncn1CCNC(=NC)NCCc1coc(-c2ccc(C)cc2)n1. The summed E-state index contributed by atoms with van der Waals surface area (Å²) in [4.78, 5) is 8.82. The van der Waals surface area contributed by atoms with Crippen LogP contribution in [0.25, 0.3) is 11.5 Å². The van der Waals surface area contributed by atoms with Gasteiger partial charge in [0, 0.05) is 45.1 Å². The molecule has 2 heterocycles. The zero-order valence-electron chi connectivity index (χ0n) is 16.6. The Balaban J connectivity index is 1.43. The first-order chi connectivity index (χ1) is 13.7. The summed E-state index contributed by atoms with van der Waals surface area (Å²) < 4.78 is 7.65. The molecule has 0 amide bonds. The van der Waals surface area contributed by atoms with Crippen molar-refractivity contribution in [3.05, 3.63) is 53.9 Å². The summed E-state index contributed by atoms with van der Waals surface area (Å²) in [7, 11) is 1.76. The van der Waals surface area contributed by atoms with Crippen molar-refractivity contribution in [2.75, 3.05) is 20.1 Å². The summed E-state index contributed by atoms with van der Waals surface area (Å²) in [6.07, 6.45) is 5.09. The summed E-state index contributed by atoms with van der Waals surface area (Å²) in [6.45, 7) is 6.38. The highest BCUT2D eigenvalue weighted by Crippen LogP contribution is 2.19. The quantitative estimate of drug-likeness (QED) is 0.459. The maximum absolute atomic E-state index is 5.60. The molecule has 2 N–H and O–H groups in total. The monoisotopic (exact) mass is 381 g/mol. The molecule has 148 valence electrons. The predicted molar refractivity (Wildman–Crippen MR) is 109 cm³/mol. The van der Waals surface area contributed by atoms with Crippen molar-refractivity contribution in [2.45, 2.75) is 33.2 Å². The first kappa shape index (κ1) is 19.6. The van der Waals surface area contributed by atoms with E-state index in [9.17, 15) is 0 Å². The second kappa shape index (κ2) is 9.68. The van der Waals surface area contributed by atoms with Crippen molar-refractivity contribution in [3.63, 3.8) is 0 Å². The first-order valence-electron chi connectivity index (χ1n) is 9.52. The molecular formula is C20H27N7O. The Morgan fingerprint density at radius 2 is 1.96 bits per heavy atom. The number of nitrogens with one attached hydrogen (secondary N) is 2. The second-order valence-electron chi connectivity index (χ2n) is 6.48. The van der Waals surface area contributed by atoms with Crippen LogP contribution >= 0.6 is 0 Å². The maximum Gasteiger partial charge on any atom is 0.226 e. The van der Waals surface area contributed by atoms with Crippen LogP contribution < -0.4 is 10.6 Å². The van der Waals surface area contributed by atoms with Gasteiger partial charge in [-0.2, -0.15) is 0 Å². The Labute approximate surface area is 165 Å². The van der Waals surface area contributed by atoms with Crippen LogP contribution in [0.5, 0.6) is 0 Å². The minimum Gasteiger partial charge on any atom is -0.444 e. The normalized spacial score (nSPS) is 11.6. The predicted octanol–water partition coefficient (Wildman–Crippen LogP) is 2.21. The molecule has 8 nitrogen and oxygen atoms in total. The Morgan fingerprint density at radius 1 is 1.18 bits per heavy atom. The highest BCUT2D eigenvalue weighted by atomic mass is 16.3. The third-order valence-corrected chi connectivity index (χ3v) is 4.40. The molecule has 0 radical (unpaired) electrons. The van der Waals surface area contributed by atoms with Crippen LogP contribution in [0.3, 0.4) is 0 Å². The number of aliphatic imine (C=N–C) groups is 1. The van der Waals surface area contributed by atoms with Crippen LogP contribution in [0.15, 0.2) is 46.3 Å². The summed E-state index contributed by atoms with van der Waals surface area (Å²) in [6, 6.07) is 8.16. The largest absolute Gasteiger partial charge is 0.444 e. The summed E-state index contributed by atoms with van der Waals surface area (Å²) >= 11 is 0. The number of nitrogens with zero attached hydrogens (tertiary/aromatic N) is 5. The van der Waals surface area contributed by atoms with Crippen LogP contribution in [0, 0.1) is 6.92 Å². The average Bonchev–Trinajstić information content (AvgIpc) is 3.36. The molecule has 0 saturated heterocycles. The van der Waals surface area contributed by atoms with E-state index in [2.05, 4.69) is 56.8 Å². The van der Waals surface area contributed by atoms with Crippen LogP contribution in [0.2, 0.25) is 0 Å². The number of hydrogen-bond donors (Lipinski definition) is 2. The zero-order chi connectivity index (χ0) is 19.8. The van der Waals surface area contributed by atoms with Gasteiger partial charge in [0.25, 0.3) is 0 Å². The van der Waals surface area contributed by atoms with Gasteiger partial charge in [-0.25, -0.2) is 4.98 Å². The number of oxazole rings is 1. The van der Waals surface area contributed by atoms with Crippen LogP contribution in [0.1, 0.15) is 24.0 Å². The molecule has 28 heavy (non-hydrogen) atoms. The molecule has 1 aromatic carbocycles. The Hall–Kier alpha value is -3.16. The number of benzene rings is 1. The molecule has 3 aromatic rings. The van der Waals surface area contributed by atoms with Crippen molar-refractivity contribution >= 4 is 5.96 Å². The van der Waals surface area contributed by atoms with E-state index in [1.165, 1.54) is 5.56 Å². The van der Waals surface area contributed by atoms with Crippen LogP contribution in [-0.4, -0.2) is 45.8 Å². The minimum absolute atomic E-state index is 0.651. The van der Waals surface area contributed by atoms with E-state index in [4.69, 9.17) is 4.42 Å². The maximum atomic E-state index is 5.60. The molecule has 0 aliphatic heterocycles. The van der Waals surface area contributed by atoms with Gasteiger partial charge in [-0.15, -0.1) is 10.2 Å². The molecule has 0 spiro atoms. The van der Waals surface area contributed by atoms with E-state index in [1.54, 1.807) is 19.6 Å². The zero-order valence-corrected chi connectivity index (χ0v) is 16.6. The first-order valence-corrected chi connectivity index (χ1v) is 9.52. The number of rotatable bonds is 8. The van der Waals surface area contributed by atoms with E-state index in [0.717, 1.165) is 49.0 Å². The van der Waals surface area contributed by atoms with Gasteiger partial charge >= 0.3 is 0 Å². The highest BCUT2D eigenvalue weighted by molar-refractivity contribution is 5.79. The van der Waals surface area contributed by atoms with Gasteiger partial charge in [-0.3, -0.25) is 4.99 Å².